The second-order valence-corrected chi connectivity index (χ2v) is 7.00. The second-order valence-electron chi connectivity index (χ2n) is 7.00. The van der Waals surface area contributed by atoms with E-state index in [9.17, 15) is 4.79 Å². The number of rotatable bonds is 5. The molecule has 1 fully saturated rings. The van der Waals surface area contributed by atoms with Crippen molar-refractivity contribution in [2.45, 2.75) is 52.0 Å². The smallest absolute Gasteiger partial charge is 0.276 e. The van der Waals surface area contributed by atoms with E-state index in [0.29, 0.717) is 17.7 Å². The van der Waals surface area contributed by atoms with E-state index in [4.69, 9.17) is 0 Å². The van der Waals surface area contributed by atoms with Crippen molar-refractivity contribution in [1.29, 1.82) is 0 Å². The molecule has 2 aromatic rings. The van der Waals surface area contributed by atoms with E-state index in [2.05, 4.69) is 24.2 Å². The van der Waals surface area contributed by atoms with Gasteiger partial charge >= 0.3 is 0 Å². The predicted octanol–water partition coefficient (Wildman–Crippen LogP) is 3.70. The highest BCUT2D eigenvalue weighted by atomic mass is 16.2. The first-order chi connectivity index (χ1) is 11.6. The van der Waals surface area contributed by atoms with Gasteiger partial charge in [0.2, 0.25) is 0 Å². The van der Waals surface area contributed by atoms with Crippen molar-refractivity contribution in [3.63, 3.8) is 0 Å². The number of likely N-dealkylation sites (tertiary alicyclic amines) is 1. The Hall–Kier alpha value is -2.17. The fraction of sp³-hybridized carbons (Fsp3) is 0.526. The number of benzene rings is 1. The van der Waals surface area contributed by atoms with Crippen LogP contribution in [0.15, 0.2) is 36.5 Å². The van der Waals surface area contributed by atoms with Gasteiger partial charge in [0.05, 0.1) is 11.9 Å². The Kier molecular flexibility index (Phi) is 5.28. The average Bonchev–Trinajstić information content (AvgIpc) is 3.10. The molecule has 0 aliphatic carbocycles. The van der Waals surface area contributed by atoms with Gasteiger partial charge in [-0.15, -0.1) is 5.10 Å². The first kappa shape index (κ1) is 16.7. The van der Waals surface area contributed by atoms with E-state index in [0.717, 1.165) is 37.9 Å². The molecule has 0 saturated carbocycles. The van der Waals surface area contributed by atoms with Gasteiger partial charge in [0.25, 0.3) is 5.91 Å². The quantitative estimate of drug-likeness (QED) is 0.842. The number of amides is 1. The van der Waals surface area contributed by atoms with Crippen LogP contribution in [0.25, 0.3) is 5.69 Å². The fourth-order valence-corrected chi connectivity index (χ4v) is 3.31. The van der Waals surface area contributed by atoms with E-state index in [1.807, 2.05) is 35.2 Å². The highest BCUT2D eigenvalue weighted by molar-refractivity contribution is 5.92. The van der Waals surface area contributed by atoms with E-state index in [1.54, 1.807) is 10.9 Å². The summed E-state index contributed by atoms with van der Waals surface area (Å²) in [6.07, 6.45) is 7.37. The van der Waals surface area contributed by atoms with Gasteiger partial charge in [0.1, 0.15) is 0 Å². The largest absolute Gasteiger partial charge is 0.334 e. The minimum absolute atomic E-state index is 0.0191. The third-order valence-corrected chi connectivity index (χ3v) is 4.70. The minimum Gasteiger partial charge on any atom is -0.334 e. The number of carbonyl (C=O) groups is 1. The molecule has 0 unspecified atom stereocenters. The number of nitrogens with zero attached hydrogens (tertiary/aromatic N) is 4. The maximum atomic E-state index is 12.9. The number of hydrogen-bond donors (Lipinski definition) is 0. The first-order valence-corrected chi connectivity index (χ1v) is 8.94. The maximum absolute atomic E-state index is 12.9. The van der Waals surface area contributed by atoms with Crippen molar-refractivity contribution in [2.75, 3.05) is 6.54 Å². The Bertz CT molecular complexity index is 665. The molecule has 1 aliphatic heterocycles. The van der Waals surface area contributed by atoms with Gasteiger partial charge < -0.3 is 4.90 Å². The van der Waals surface area contributed by atoms with Crippen molar-refractivity contribution in [1.82, 2.24) is 19.9 Å². The topological polar surface area (TPSA) is 51.0 Å². The Morgan fingerprint density at radius 2 is 2.04 bits per heavy atom. The summed E-state index contributed by atoms with van der Waals surface area (Å²) < 4.78 is 1.67. The lowest BCUT2D eigenvalue weighted by Crippen LogP contribution is -2.44. The van der Waals surface area contributed by atoms with Crippen molar-refractivity contribution < 1.29 is 4.79 Å². The normalized spacial score (nSPS) is 18.1. The van der Waals surface area contributed by atoms with Crippen LogP contribution in [0.1, 0.15) is 56.4 Å². The minimum atomic E-state index is 0.0191. The van der Waals surface area contributed by atoms with Crippen LogP contribution in [-0.4, -0.2) is 38.4 Å². The lowest BCUT2D eigenvalue weighted by molar-refractivity contribution is 0.0587. The Balaban J connectivity index is 1.73. The molecule has 0 spiro atoms. The summed E-state index contributed by atoms with van der Waals surface area (Å²) in [5.74, 6) is 0.688. The summed E-state index contributed by atoms with van der Waals surface area (Å²) in [5, 5.41) is 8.24. The highest BCUT2D eigenvalue weighted by Crippen LogP contribution is 2.24. The maximum Gasteiger partial charge on any atom is 0.276 e. The molecule has 128 valence electrons. The summed E-state index contributed by atoms with van der Waals surface area (Å²) in [6, 6.07) is 10.1. The van der Waals surface area contributed by atoms with E-state index in [1.165, 1.54) is 6.42 Å². The zero-order valence-corrected chi connectivity index (χ0v) is 14.6. The van der Waals surface area contributed by atoms with Crippen LogP contribution in [-0.2, 0) is 0 Å². The molecule has 0 bridgehead atoms. The molecular weight excluding hydrogens is 300 g/mol. The van der Waals surface area contributed by atoms with E-state index < -0.39 is 0 Å². The van der Waals surface area contributed by atoms with Gasteiger partial charge in [-0.25, -0.2) is 4.68 Å². The number of para-hydroxylation sites is 1. The van der Waals surface area contributed by atoms with Crippen LogP contribution in [0.4, 0.5) is 0 Å². The summed E-state index contributed by atoms with van der Waals surface area (Å²) in [4.78, 5) is 14.9. The molecule has 1 aromatic heterocycles. The monoisotopic (exact) mass is 326 g/mol. The van der Waals surface area contributed by atoms with Gasteiger partial charge in [0, 0.05) is 12.6 Å². The lowest BCUT2D eigenvalue weighted by atomic mass is 9.94. The molecule has 2 heterocycles. The molecule has 5 heteroatoms. The fourth-order valence-electron chi connectivity index (χ4n) is 3.31. The van der Waals surface area contributed by atoms with Gasteiger partial charge in [0.15, 0.2) is 5.69 Å². The van der Waals surface area contributed by atoms with E-state index in [-0.39, 0.29) is 5.91 Å². The summed E-state index contributed by atoms with van der Waals surface area (Å²) in [7, 11) is 0. The molecule has 1 aromatic carbocycles. The van der Waals surface area contributed by atoms with Gasteiger partial charge in [-0.1, -0.05) is 37.3 Å². The zero-order chi connectivity index (χ0) is 16.9. The van der Waals surface area contributed by atoms with Crippen LogP contribution in [0.3, 0.4) is 0 Å². The van der Waals surface area contributed by atoms with Gasteiger partial charge in [-0.3, -0.25) is 4.79 Å². The highest BCUT2D eigenvalue weighted by Gasteiger charge is 2.29. The van der Waals surface area contributed by atoms with Crippen LogP contribution in [0.5, 0.6) is 0 Å². The second kappa shape index (κ2) is 7.60. The zero-order valence-electron chi connectivity index (χ0n) is 14.6. The SMILES string of the molecule is CC(C)CC[C@@H]1CCCCN1C(=O)c1cn(-c2ccccc2)nn1. The average molecular weight is 326 g/mol. The molecule has 5 nitrogen and oxygen atoms in total. The molecule has 1 saturated heterocycles. The Morgan fingerprint density at radius 3 is 2.79 bits per heavy atom. The predicted molar refractivity (Wildman–Crippen MR) is 94.1 cm³/mol. The molecule has 0 radical (unpaired) electrons. The molecule has 1 atom stereocenters. The molecule has 1 amide bonds. The Labute approximate surface area is 143 Å². The van der Waals surface area contributed by atoms with E-state index >= 15 is 0 Å². The molecule has 1 aliphatic rings. The molecule has 24 heavy (non-hydrogen) atoms. The van der Waals surface area contributed by atoms with Crippen LogP contribution < -0.4 is 0 Å². The number of aromatic nitrogens is 3. The first-order valence-electron chi connectivity index (χ1n) is 8.94. The summed E-state index contributed by atoms with van der Waals surface area (Å²) in [6.45, 7) is 5.31. The lowest BCUT2D eigenvalue weighted by Gasteiger charge is -2.35. The van der Waals surface area contributed by atoms with Gasteiger partial charge in [-0.2, -0.15) is 0 Å². The third-order valence-electron chi connectivity index (χ3n) is 4.70. The van der Waals surface area contributed by atoms with Crippen molar-refractivity contribution in [3.8, 4) is 5.69 Å². The molecule has 3 rings (SSSR count). The van der Waals surface area contributed by atoms with Crippen molar-refractivity contribution in [2.24, 2.45) is 5.92 Å². The van der Waals surface area contributed by atoms with Crippen molar-refractivity contribution in [3.05, 3.63) is 42.2 Å². The standard InChI is InChI=1S/C19H26N4O/c1-15(2)11-12-16-8-6-7-13-22(16)19(24)18-14-23(21-20-18)17-9-4-3-5-10-17/h3-5,9-10,14-16H,6-8,11-13H2,1-2H3/t16-/m0/s1. The molecular formula is C19H26N4O. The molecule has 0 N–H and O–H groups in total. The number of piperidine rings is 1. The van der Waals surface area contributed by atoms with Crippen molar-refractivity contribution >= 4 is 5.91 Å². The van der Waals surface area contributed by atoms with Gasteiger partial charge in [-0.05, 0) is 50.2 Å². The van der Waals surface area contributed by atoms with Crippen LogP contribution in [0.2, 0.25) is 0 Å². The number of hydrogen-bond acceptors (Lipinski definition) is 3. The Morgan fingerprint density at radius 1 is 1.25 bits per heavy atom. The number of carbonyl (C=O) groups excluding carboxylic acids is 1. The van der Waals surface area contributed by atoms with Crippen LogP contribution in [0, 0.1) is 5.92 Å². The summed E-state index contributed by atoms with van der Waals surface area (Å²) in [5.41, 5.74) is 1.36. The summed E-state index contributed by atoms with van der Waals surface area (Å²) >= 11 is 0. The van der Waals surface area contributed by atoms with Crippen LogP contribution >= 0.6 is 0 Å². The third kappa shape index (κ3) is 3.83.